The zero-order valence-corrected chi connectivity index (χ0v) is 37.5. The van der Waals surface area contributed by atoms with Crippen molar-refractivity contribution in [2.75, 3.05) is 7.11 Å². The van der Waals surface area contributed by atoms with Crippen molar-refractivity contribution >= 4 is 107 Å². The van der Waals surface area contributed by atoms with E-state index in [-0.39, 0.29) is 15.8 Å². The molecule has 0 unspecified atom stereocenters. The number of halogens is 2. The molecule has 2 aromatic carbocycles. The molecule has 0 aliphatic carbocycles. The first kappa shape index (κ1) is 41.4. The third kappa shape index (κ3) is 7.79. The van der Waals surface area contributed by atoms with E-state index in [0.29, 0.717) is 43.3 Å². The maximum atomic E-state index is 13.6. The largest absolute Gasteiger partial charge is 0.467 e. The summed E-state index contributed by atoms with van der Waals surface area (Å²) in [6.45, 7) is 0. The summed E-state index contributed by atoms with van der Waals surface area (Å²) in [7, 11) is -6.29. The highest BCUT2D eigenvalue weighted by molar-refractivity contribution is 9.11. The molecule has 0 aliphatic rings. The zero-order valence-electron chi connectivity index (χ0n) is 32.6. The molecule has 0 aliphatic heterocycles. The predicted molar refractivity (Wildman–Crippen MR) is 247 cm³/mol. The van der Waals surface area contributed by atoms with Crippen LogP contribution in [0.3, 0.4) is 0 Å². The lowest BCUT2D eigenvalue weighted by Gasteiger charge is -2.09. The summed E-state index contributed by atoms with van der Waals surface area (Å²) in [6.07, 6.45) is 16.2. The van der Waals surface area contributed by atoms with Gasteiger partial charge in [0.1, 0.15) is 15.4 Å². The van der Waals surface area contributed by atoms with Crippen LogP contribution in [0.4, 0.5) is 0 Å². The van der Waals surface area contributed by atoms with Crippen LogP contribution in [0.25, 0.3) is 66.0 Å². The summed E-state index contributed by atoms with van der Waals surface area (Å²) in [5, 5.41) is 4.05. The number of hydrogen-bond donors (Lipinski definition) is 1. The van der Waals surface area contributed by atoms with Gasteiger partial charge in [0.15, 0.2) is 11.3 Å². The van der Waals surface area contributed by atoms with Gasteiger partial charge in [0.25, 0.3) is 20.0 Å². The number of aromatic amines is 1. The fraction of sp³-hybridized carbons (Fsp3) is 0.0227. The van der Waals surface area contributed by atoms with E-state index in [1.165, 1.54) is 21.3 Å². The number of H-pyrrole nitrogens is 1. The monoisotopic (exact) mass is 1000 g/mol. The Hall–Kier alpha value is -6.93. The van der Waals surface area contributed by atoms with E-state index in [1.54, 1.807) is 98.1 Å². The van der Waals surface area contributed by atoms with Gasteiger partial charge in [-0.2, -0.15) is 0 Å². The average molecular weight is 1000 g/mol. The van der Waals surface area contributed by atoms with Crippen LogP contribution in [0.2, 0.25) is 0 Å². The Bertz CT molecular complexity index is 3700. The Balaban J connectivity index is 0.000000134. The van der Waals surface area contributed by atoms with Crippen molar-refractivity contribution < 1.29 is 21.6 Å². The lowest BCUT2D eigenvalue weighted by molar-refractivity contribution is 0.380. The van der Waals surface area contributed by atoms with E-state index < -0.39 is 20.0 Å². The third-order valence-corrected chi connectivity index (χ3v) is 14.5. The predicted octanol–water partition coefficient (Wildman–Crippen LogP) is 9.20. The molecule has 11 aromatic rings. The summed E-state index contributed by atoms with van der Waals surface area (Å²) in [5.41, 5.74) is 3.78. The number of aromatic nitrogens is 10. The number of pyridine rings is 5. The van der Waals surface area contributed by atoms with Crippen LogP contribution in [0.5, 0.6) is 6.01 Å². The van der Waals surface area contributed by atoms with E-state index in [9.17, 15) is 16.8 Å². The lowest BCUT2D eigenvalue weighted by Crippen LogP contribution is -2.13. The van der Waals surface area contributed by atoms with Crippen LogP contribution < -0.4 is 4.74 Å². The maximum absolute atomic E-state index is 13.6. The van der Waals surface area contributed by atoms with Gasteiger partial charge in [-0.15, -0.1) is 0 Å². The first-order chi connectivity index (χ1) is 30.6. The molecule has 9 heterocycles. The SMILES string of the molecule is Brc1c[nH]c2ncccc12.COc1ncc(-c2cn(S(=O)(=O)c3cccc4cccnc34)c3ncccc23)cn1.O=S(=O)(c1cccc2cccnc12)n1cc(Br)c2cccnc21. The van der Waals surface area contributed by atoms with E-state index in [1.807, 2.05) is 54.7 Å². The first-order valence-corrected chi connectivity index (χ1v) is 23.2. The van der Waals surface area contributed by atoms with Crippen molar-refractivity contribution in [3.8, 4) is 17.1 Å². The molecular weight excluding hydrogens is 972 g/mol. The van der Waals surface area contributed by atoms with Crippen molar-refractivity contribution in [3.05, 3.63) is 168 Å². The van der Waals surface area contributed by atoms with Gasteiger partial charge in [-0.1, -0.05) is 36.4 Å². The third-order valence-electron chi connectivity index (χ3n) is 9.80. The molecule has 11 rings (SSSR count). The van der Waals surface area contributed by atoms with Crippen molar-refractivity contribution in [2.24, 2.45) is 0 Å². The molecule has 9 aromatic heterocycles. The molecule has 19 heteroatoms. The molecule has 0 spiro atoms. The highest BCUT2D eigenvalue weighted by Crippen LogP contribution is 2.34. The number of ether oxygens (including phenoxy) is 1. The minimum absolute atomic E-state index is 0.112. The van der Waals surface area contributed by atoms with Crippen LogP contribution in [-0.2, 0) is 20.0 Å². The summed E-state index contributed by atoms with van der Waals surface area (Å²) < 4.78 is 62.7. The van der Waals surface area contributed by atoms with Crippen LogP contribution >= 0.6 is 31.9 Å². The summed E-state index contributed by atoms with van der Waals surface area (Å²) in [4.78, 5) is 32.7. The maximum Gasteiger partial charge on any atom is 0.316 e. The van der Waals surface area contributed by atoms with E-state index in [4.69, 9.17) is 4.74 Å². The fourth-order valence-electron chi connectivity index (χ4n) is 6.88. The Labute approximate surface area is 375 Å². The van der Waals surface area contributed by atoms with Gasteiger partial charge in [-0.05, 0) is 92.5 Å². The molecule has 0 amide bonds. The standard InChI is InChI=1S/C21H15N5O3S.C16H10BrN3O2S.C7H5BrN2/c1-29-21-24-11-15(12-25-21)17-13-26(20-16(17)7-4-10-23-20)30(27,28)18-8-2-5-14-6-3-9-22-19(14)18;17-13-10-20(16-12(13)6-3-9-19-16)23(21,22)14-7-1-4-11-5-2-8-18-15(11)14;8-6-4-10-7-5(6)2-1-3-9-7/h2-13H,1H3;1-10H;1-4H,(H,9,10). The number of hydrogen-bond acceptors (Lipinski definition) is 12. The van der Waals surface area contributed by atoms with Crippen LogP contribution in [-0.4, -0.2) is 71.8 Å². The molecule has 0 radical (unpaired) electrons. The summed E-state index contributed by atoms with van der Waals surface area (Å²) >= 11 is 6.79. The van der Waals surface area contributed by atoms with Gasteiger partial charge in [0.05, 0.1) is 18.1 Å². The Morgan fingerprint density at radius 1 is 0.540 bits per heavy atom. The highest BCUT2D eigenvalue weighted by Gasteiger charge is 2.26. The molecule has 0 saturated carbocycles. The number of para-hydroxylation sites is 2. The number of nitrogens with one attached hydrogen (secondary N) is 1. The quantitative estimate of drug-likeness (QED) is 0.166. The minimum atomic E-state index is -3.97. The summed E-state index contributed by atoms with van der Waals surface area (Å²) in [5.74, 6) is 0. The Morgan fingerprint density at radius 3 is 1.62 bits per heavy atom. The van der Waals surface area contributed by atoms with Gasteiger partial charge >= 0.3 is 6.01 Å². The number of benzene rings is 2. The molecule has 15 nitrogen and oxygen atoms in total. The lowest BCUT2D eigenvalue weighted by atomic mass is 10.1. The van der Waals surface area contributed by atoms with E-state index in [2.05, 4.69) is 71.7 Å². The van der Waals surface area contributed by atoms with Crippen LogP contribution in [0.15, 0.2) is 178 Å². The van der Waals surface area contributed by atoms with Gasteiger partial charge in [-0.3, -0.25) is 9.97 Å². The fourth-order valence-corrected chi connectivity index (χ4v) is 11.0. The van der Waals surface area contributed by atoms with E-state index >= 15 is 0 Å². The van der Waals surface area contributed by atoms with Gasteiger partial charge < -0.3 is 9.72 Å². The molecule has 0 bridgehead atoms. The van der Waals surface area contributed by atoms with Crippen molar-refractivity contribution in [1.82, 2.24) is 47.8 Å². The molecule has 0 fully saturated rings. The first-order valence-electron chi connectivity index (χ1n) is 18.8. The second-order valence-corrected chi connectivity index (χ2v) is 18.8. The van der Waals surface area contributed by atoms with Crippen molar-refractivity contribution in [2.45, 2.75) is 9.79 Å². The average Bonchev–Trinajstić information content (AvgIpc) is 4.02. The van der Waals surface area contributed by atoms with Gasteiger partial charge in [0, 0.05) is 109 Å². The van der Waals surface area contributed by atoms with Gasteiger partial charge in [0.2, 0.25) is 0 Å². The number of methoxy groups -OCH3 is 1. The topological polar surface area (TPSA) is 193 Å². The molecular formula is C44H30Br2N10O5S2. The summed E-state index contributed by atoms with van der Waals surface area (Å²) in [6, 6.07) is 28.7. The second-order valence-electron chi connectivity index (χ2n) is 13.5. The Morgan fingerprint density at radius 2 is 1.03 bits per heavy atom. The van der Waals surface area contributed by atoms with Crippen LogP contribution in [0, 0.1) is 0 Å². The van der Waals surface area contributed by atoms with Crippen LogP contribution in [0.1, 0.15) is 0 Å². The smallest absolute Gasteiger partial charge is 0.316 e. The highest BCUT2D eigenvalue weighted by atomic mass is 79.9. The Kier molecular flexibility index (Phi) is 11.2. The second kappa shape index (κ2) is 17.1. The zero-order chi connectivity index (χ0) is 43.7. The molecule has 0 atom stereocenters. The molecule has 1 N–H and O–H groups in total. The van der Waals surface area contributed by atoms with Gasteiger partial charge in [-0.25, -0.2) is 49.7 Å². The minimum Gasteiger partial charge on any atom is -0.467 e. The number of fused-ring (bicyclic) bond motifs is 5. The number of nitrogens with zero attached hydrogens (tertiary/aromatic N) is 9. The van der Waals surface area contributed by atoms with Crippen molar-refractivity contribution in [3.63, 3.8) is 0 Å². The normalized spacial score (nSPS) is 11.7. The van der Waals surface area contributed by atoms with Crippen molar-refractivity contribution in [1.29, 1.82) is 0 Å². The van der Waals surface area contributed by atoms with E-state index in [0.717, 1.165) is 31.7 Å². The number of rotatable bonds is 6. The molecule has 0 saturated heterocycles. The molecule has 312 valence electrons. The molecule has 63 heavy (non-hydrogen) atoms.